The van der Waals surface area contributed by atoms with E-state index in [0.29, 0.717) is 4.90 Å². The first-order valence-corrected chi connectivity index (χ1v) is 7.94. The second-order valence-corrected chi connectivity index (χ2v) is 7.02. The summed E-state index contributed by atoms with van der Waals surface area (Å²) in [6.45, 7) is 0. The van der Waals surface area contributed by atoms with E-state index in [1.54, 1.807) is 30.3 Å². The SMILES string of the molecule is N#C[C@@H]1[C@@H](c2ccccc2)[C@H]1S(=O)(=O)c1ccccc1. The van der Waals surface area contributed by atoms with Crippen molar-refractivity contribution in [3.63, 3.8) is 0 Å². The summed E-state index contributed by atoms with van der Waals surface area (Å²) in [6.07, 6.45) is 0. The zero-order valence-corrected chi connectivity index (χ0v) is 11.5. The Kier molecular flexibility index (Phi) is 3.07. The molecule has 0 aromatic heterocycles. The summed E-state index contributed by atoms with van der Waals surface area (Å²) in [4.78, 5) is 0.295. The lowest BCUT2D eigenvalue weighted by atomic mass is 10.1. The van der Waals surface area contributed by atoms with E-state index in [1.165, 1.54) is 0 Å². The molecule has 1 fully saturated rings. The summed E-state index contributed by atoms with van der Waals surface area (Å²) in [5.41, 5.74) is 0.920. The number of nitrogens with zero attached hydrogens (tertiary/aromatic N) is 1. The second-order valence-electron chi connectivity index (χ2n) is 4.91. The molecule has 1 aliphatic carbocycles. The zero-order chi connectivity index (χ0) is 14.2. The fraction of sp³-hybridized carbons (Fsp3) is 0.188. The van der Waals surface area contributed by atoms with Crippen LogP contribution in [0, 0.1) is 17.2 Å². The van der Waals surface area contributed by atoms with E-state index in [9.17, 15) is 13.7 Å². The lowest BCUT2D eigenvalue weighted by Crippen LogP contribution is -2.10. The van der Waals surface area contributed by atoms with Gasteiger partial charge in [-0.2, -0.15) is 5.26 Å². The van der Waals surface area contributed by atoms with Crippen LogP contribution in [0.2, 0.25) is 0 Å². The van der Waals surface area contributed by atoms with Crippen LogP contribution in [0.15, 0.2) is 65.6 Å². The van der Waals surface area contributed by atoms with Crippen LogP contribution < -0.4 is 0 Å². The van der Waals surface area contributed by atoms with Gasteiger partial charge in [0.25, 0.3) is 0 Å². The normalized spacial score (nSPS) is 24.9. The molecule has 0 aliphatic heterocycles. The Balaban J connectivity index is 1.98. The molecule has 100 valence electrons. The Morgan fingerprint density at radius 2 is 1.45 bits per heavy atom. The minimum atomic E-state index is -3.45. The van der Waals surface area contributed by atoms with E-state index in [0.717, 1.165) is 5.56 Å². The number of rotatable bonds is 3. The Bertz CT molecular complexity index is 748. The van der Waals surface area contributed by atoms with Gasteiger partial charge in [0.05, 0.1) is 22.1 Å². The van der Waals surface area contributed by atoms with Gasteiger partial charge < -0.3 is 0 Å². The maximum Gasteiger partial charge on any atom is 0.183 e. The molecule has 0 heterocycles. The third kappa shape index (κ3) is 2.00. The van der Waals surface area contributed by atoms with Crippen molar-refractivity contribution in [1.29, 1.82) is 5.26 Å². The minimum Gasteiger partial charge on any atom is -0.223 e. The molecular formula is C16H13NO2S. The molecule has 1 saturated carbocycles. The number of benzene rings is 2. The van der Waals surface area contributed by atoms with Gasteiger partial charge in [0.2, 0.25) is 0 Å². The number of hydrogen-bond acceptors (Lipinski definition) is 3. The monoisotopic (exact) mass is 283 g/mol. The molecule has 0 amide bonds. The summed E-state index contributed by atoms with van der Waals surface area (Å²) in [7, 11) is -3.45. The smallest absolute Gasteiger partial charge is 0.183 e. The van der Waals surface area contributed by atoms with E-state index in [2.05, 4.69) is 6.07 Å². The predicted octanol–water partition coefficient (Wildman–Crippen LogP) is 2.77. The van der Waals surface area contributed by atoms with Crippen molar-refractivity contribution in [2.45, 2.75) is 16.1 Å². The van der Waals surface area contributed by atoms with Gasteiger partial charge in [0.1, 0.15) is 0 Å². The van der Waals surface area contributed by atoms with Gasteiger partial charge in [-0.3, -0.25) is 0 Å². The van der Waals surface area contributed by atoms with Crippen molar-refractivity contribution in [3.05, 3.63) is 66.2 Å². The van der Waals surface area contributed by atoms with Crippen LogP contribution in [0.3, 0.4) is 0 Å². The van der Waals surface area contributed by atoms with Crippen LogP contribution in [0.4, 0.5) is 0 Å². The highest BCUT2D eigenvalue weighted by Crippen LogP contribution is 2.53. The minimum absolute atomic E-state index is 0.216. The largest absolute Gasteiger partial charge is 0.223 e. The predicted molar refractivity (Wildman–Crippen MR) is 75.7 cm³/mol. The standard InChI is InChI=1S/C16H13NO2S/c17-11-14-15(12-7-3-1-4-8-12)16(14)20(18,19)13-9-5-2-6-10-13/h1-10,14-16H/t14-,15-,16+/m1/s1. The Morgan fingerprint density at radius 3 is 2.00 bits per heavy atom. The van der Waals surface area contributed by atoms with Crippen molar-refractivity contribution in [1.82, 2.24) is 0 Å². The van der Waals surface area contributed by atoms with Crippen LogP contribution >= 0.6 is 0 Å². The van der Waals surface area contributed by atoms with Gasteiger partial charge in [-0.25, -0.2) is 8.42 Å². The highest BCUT2D eigenvalue weighted by Gasteiger charge is 2.59. The van der Waals surface area contributed by atoms with Crippen molar-refractivity contribution in [2.24, 2.45) is 5.92 Å². The number of nitriles is 1. The van der Waals surface area contributed by atoms with E-state index in [4.69, 9.17) is 0 Å². The first-order chi connectivity index (χ1) is 9.66. The van der Waals surface area contributed by atoms with Crippen LogP contribution in [0.5, 0.6) is 0 Å². The van der Waals surface area contributed by atoms with Crippen LogP contribution in [0.25, 0.3) is 0 Å². The quantitative estimate of drug-likeness (QED) is 0.870. The maximum absolute atomic E-state index is 12.6. The molecule has 1 aliphatic rings. The molecule has 2 aromatic rings. The maximum atomic E-state index is 12.6. The summed E-state index contributed by atoms with van der Waals surface area (Å²) < 4.78 is 25.2. The first-order valence-electron chi connectivity index (χ1n) is 6.40. The summed E-state index contributed by atoms with van der Waals surface area (Å²) >= 11 is 0. The van der Waals surface area contributed by atoms with E-state index in [1.807, 2.05) is 30.3 Å². The second kappa shape index (κ2) is 4.77. The first kappa shape index (κ1) is 12.9. The molecule has 20 heavy (non-hydrogen) atoms. The van der Waals surface area contributed by atoms with E-state index in [-0.39, 0.29) is 5.92 Å². The van der Waals surface area contributed by atoms with Crippen molar-refractivity contribution in [3.8, 4) is 6.07 Å². The average Bonchev–Trinajstić information content (AvgIpc) is 3.24. The molecule has 0 saturated heterocycles. The van der Waals surface area contributed by atoms with Gasteiger partial charge in [0, 0.05) is 5.92 Å². The molecule has 3 rings (SSSR count). The topological polar surface area (TPSA) is 57.9 Å². The van der Waals surface area contributed by atoms with Crippen molar-refractivity contribution >= 4 is 9.84 Å². The van der Waals surface area contributed by atoms with Gasteiger partial charge >= 0.3 is 0 Å². The molecule has 2 aromatic carbocycles. The molecule has 3 nitrogen and oxygen atoms in total. The fourth-order valence-electron chi connectivity index (χ4n) is 2.66. The lowest BCUT2D eigenvalue weighted by Gasteiger charge is -2.03. The average molecular weight is 283 g/mol. The molecule has 0 unspecified atom stereocenters. The summed E-state index contributed by atoms with van der Waals surface area (Å²) in [5.74, 6) is -0.672. The fourth-order valence-corrected chi connectivity index (χ4v) is 4.75. The molecule has 0 bridgehead atoms. The Labute approximate surface area is 118 Å². The van der Waals surface area contributed by atoms with Crippen molar-refractivity contribution < 1.29 is 8.42 Å². The highest BCUT2D eigenvalue weighted by molar-refractivity contribution is 7.92. The Hall–Kier alpha value is -2.12. The molecular weight excluding hydrogens is 270 g/mol. The molecule has 3 atom stereocenters. The van der Waals surface area contributed by atoms with Crippen LogP contribution in [-0.2, 0) is 9.84 Å². The van der Waals surface area contributed by atoms with Gasteiger partial charge in [0.15, 0.2) is 9.84 Å². The van der Waals surface area contributed by atoms with Gasteiger partial charge in [-0.05, 0) is 17.7 Å². The van der Waals surface area contributed by atoms with E-state index < -0.39 is 21.0 Å². The third-order valence-corrected chi connectivity index (χ3v) is 5.95. The number of hydrogen-bond donors (Lipinski definition) is 0. The van der Waals surface area contributed by atoms with Crippen LogP contribution in [-0.4, -0.2) is 13.7 Å². The molecule has 0 radical (unpaired) electrons. The van der Waals surface area contributed by atoms with Gasteiger partial charge in [-0.1, -0.05) is 48.5 Å². The molecule has 4 heteroatoms. The molecule has 0 N–H and O–H groups in total. The van der Waals surface area contributed by atoms with Crippen LogP contribution in [0.1, 0.15) is 11.5 Å². The molecule has 0 spiro atoms. The zero-order valence-electron chi connectivity index (χ0n) is 10.7. The highest BCUT2D eigenvalue weighted by atomic mass is 32.2. The van der Waals surface area contributed by atoms with Crippen molar-refractivity contribution in [2.75, 3.05) is 0 Å². The number of sulfone groups is 1. The summed E-state index contributed by atoms with van der Waals surface area (Å²) in [6, 6.07) is 19.9. The van der Waals surface area contributed by atoms with Gasteiger partial charge in [-0.15, -0.1) is 0 Å². The summed E-state index contributed by atoms with van der Waals surface area (Å²) in [5, 5.41) is 8.58. The lowest BCUT2D eigenvalue weighted by molar-refractivity contribution is 0.593. The third-order valence-electron chi connectivity index (χ3n) is 3.72. The Morgan fingerprint density at radius 1 is 0.900 bits per heavy atom. The van der Waals surface area contributed by atoms with E-state index >= 15 is 0 Å².